The fourth-order valence-corrected chi connectivity index (χ4v) is 3.37. The second kappa shape index (κ2) is 5.78. The molecule has 2 saturated carbocycles. The zero-order chi connectivity index (χ0) is 14.2. The fraction of sp³-hybridized carbons (Fsp3) is 0.647. The number of benzene rings is 1. The summed E-state index contributed by atoms with van der Waals surface area (Å²) in [6.45, 7) is 4.36. The van der Waals surface area contributed by atoms with E-state index in [1.807, 2.05) is 0 Å². The van der Waals surface area contributed by atoms with E-state index in [2.05, 4.69) is 52.0 Å². The van der Waals surface area contributed by atoms with E-state index in [1.54, 1.807) is 0 Å². The van der Waals surface area contributed by atoms with Gasteiger partial charge in [-0.1, -0.05) is 28.1 Å². The molecule has 0 amide bonds. The summed E-state index contributed by atoms with van der Waals surface area (Å²) in [7, 11) is 0. The SMILES string of the molecule is CC(CN)(Cc1ccc(Br)cc1)N(CC1CC1)C1CC1. The summed E-state index contributed by atoms with van der Waals surface area (Å²) in [4.78, 5) is 2.73. The molecule has 1 aromatic carbocycles. The average Bonchev–Trinajstić information content (AvgIpc) is 3.31. The molecule has 1 unspecified atom stereocenters. The molecule has 0 spiro atoms. The molecule has 0 radical (unpaired) electrons. The Morgan fingerprint density at radius 3 is 2.35 bits per heavy atom. The Labute approximate surface area is 130 Å². The van der Waals surface area contributed by atoms with Gasteiger partial charge >= 0.3 is 0 Å². The standard InChI is InChI=1S/C17H25BrN2/c1-17(12-19,10-13-4-6-15(18)7-5-13)20(16-8-9-16)11-14-2-3-14/h4-7,14,16H,2-3,8-12,19H2,1H3. The molecular weight excluding hydrogens is 312 g/mol. The monoisotopic (exact) mass is 336 g/mol. The highest BCUT2D eigenvalue weighted by molar-refractivity contribution is 9.10. The van der Waals surface area contributed by atoms with E-state index in [1.165, 1.54) is 37.8 Å². The molecule has 3 heteroatoms. The number of rotatable bonds is 7. The third-order valence-corrected chi connectivity index (χ3v) is 5.30. The summed E-state index contributed by atoms with van der Waals surface area (Å²) in [5.74, 6) is 0.936. The lowest BCUT2D eigenvalue weighted by Crippen LogP contribution is -2.55. The van der Waals surface area contributed by atoms with Crippen LogP contribution in [0.3, 0.4) is 0 Å². The lowest BCUT2D eigenvalue weighted by molar-refractivity contribution is 0.0945. The van der Waals surface area contributed by atoms with Crippen LogP contribution in [0.5, 0.6) is 0 Å². The number of hydrogen-bond donors (Lipinski definition) is 1. The fourth-order valence-electron chi connectivity index (χ4n) is 3.11. The van der Waals surface area contributed by atoms with Crippen molar-refractivity contribution in [2.75, 3.05) is 13.1 Å². The molecule has 2 aliphatic carbocycles. The van der Waals surface area contributed by atoms with Crippen molar-refractivity contribution in [3.8, 4) is 0 Å². The number of nitrogens with two attached hydrogens (primary N) is 1. The molecule has 1 atom stereocenters. The predicted octanol–water partition coefficient (Wildman–Crippen LogP) is 3.58. The molecule has 2 nitrogen and oxygen atoms in total. The molecule has 3 rings (SSSR count). The van der Waals surface area contributed by atoms with E-state index >= 15 is 0 Å². The number of halogens is 1. The predicted molar refractivity (Wildman–Crippen MR) is 87.8 cm³/mol. The minimum absolute atomic E-state index is 0.109. The molecule has 0 aliphatic heterocycles. The van der Waals surface area contributed by atoms with Crippen molar-refractivity contribution in [1.29, 1.82) is 0 Å². The highest BCUT2D eigenvalue weighted by Gasteiger charge is 2.42. The summed E-state index contributed by atoms with van der Waals surface area (Å²) < 4.78 is 1.15. The maximum Gasteiger partial charge on any atom is 0.0346 e. The summed E-state index contributed by atoms with van der Waals surface area (Å²) in [5.41, 5.74) is 7.70. The topological polar surface area (TPSA) is 29.3 Å². The van der Waals surface area contributed by atoms with Gasteiger partial charge in [0, 0.05) is 29.1 Å². The molecule has 0 saturated heterocycles. The molecule has 20 heavy (non-hydrogen) atoms. The van der Waals surface area contributed by atoms with Crippen LogP contribution in [0.1, 0.15) is 38.2 Å². The van der Waals surface area contributed by atoms with Crippen molar-refractivity contribution >= 4 is 15.9 Å². The maximum absolute atomic E-state index is 6.20. The van der Waals surface area contributed by atoms with E-state index in [-0.39, 0.29) is 5.54 Å². The van der Waals surface area contributed by atoms with Crippen molar-refractivity contribution in [2.45, 2.75) is 50.6 Å². The molecule has 1 aromatic rings. The smallest absolute Gasteiger partial charge is 0.0346 e. The molecule has 0 heterocycles. The van der Waals surface area contributed by atoms with E-state index < -0.39 is 0 Å². The van der Waals surface area contributed by atoms with Crippen LogP contribution >= 0.6 is 15.9 Å². The van der Waals surface area contributed by atoms with Crippen LogP contribution in [-0.2, 0) is 6.42 Å². The average molecular weight is 337 g/mol. The Hall–Kier alpha value is -0.380. The Morgan fingerprint density at radius 2 is 1.85 bits per heavy atom. The normalized spacial score (nSPS) is 22.0. The van der Waals surface area contributed by atoms with Gasteiger partial charge in [0.15, 0.2) is 0 Å². The molecule has 110 valence electrons. The zero-order valence-electron chi connectivity index (χ0n) is 12.3. The van der Waals surface area contributed by atoms with Crippen molar-refractivity contribution in [3.63, 3.8) is 0 Å². The van der Waals surface area contributed by atoms with Crippen LogP contribution in [0.15, 0.2) is 28.7 Å². The molecule has 2 fully saturated rings. The lowest BCUT2D eigenvalue weighted by Gasteiger charge is -2.41. The van der Waals surface area contributed by atoms with Gasteiger partial charge in [-0.2, -0.15) is 0 Å². The molecule has 0 aromatic heterocycles. The van der Waals surface area contributed by atoms with Gasteiger partial charge in [-0.3, -0.25) is 4.90 Å². The van der Waals surface area contributed by atoms with E-state index in [4.69, 9.17) is 5.73 Å². The van der Waals surface area contributed by atoms with Crippen LogP contribution in [-0.4, -0.2) is 29.6 Å². The first kappa shape index (κ1) is 14.6. The van der Waals surface area contributed by atoms with Crippen molar-refractivity contribution in [2.24, 2.45) is 11.7 Å². The van der Waals surface area contributed by atoms with Crippen LogP contribution in [0.4, 0.5) is 0 Å². The maximum atomic E-state index is 6.20. The van der Waals surface area contributed by atoms with Crippen LogP contribution in [0, 0.1) is 5.92 Å². The summed E-state index contributed by atoms with van der Waals surface area (Å²) in [6.07, 6.45) is 6.62. The molecule has 2 N–H and O–H groups in total. The Morgan fingerprint density at radius 1 is 1.20 bits per heavy atom. The second-order valence-electron chi connectivity index (χ2n) is 6.83. The molecular formula is C17H25BrN2. The Bertz CT molecular complexity index is 451. The highest BCUT2D eigenvalue weighted by Crippen LogP contribution is 2.39. The second-order valence-corrected chi connectivity index (χ2v) is 7.75. The van der Waals surface area contributed by atoms with Crippen LogP contribution < -0.4 is 5.73 Å². The summed E-state index contributed by atoms with van der Waals surface area (Å²) in [6, 6.07) is 9.50. The van der Waals surface area contributed by atoms with Gasteiger partial charge in [0.2, 0.25) is 0 Å². The van der Waals surface area contributed by atoms with E-state index in [0.717, 1.165) is 29.4 Å². The van der Waals surface area contributed by atoms with Gasteiger partial charge in [-0.05, 0) is 62.6 Å². The third-order valence-electron chi connectivity index (χ3n) is 4.77. The summed E-state index contributed by atoms with van der Waals surface area (Å²) >= 11 is 3.51. The summed E-state index contributed by atoms with van der Waals surface area (Å²) in [5, 5.41) is 0. The van der Waals surface area contributed by atoms with Crippen LogP contribution in [0.2, 0.25) is 0 Å². The number of nitrogens with zero attached hydrogens (tertiary/aromatic N) is 1. The first-order chi connectivity index (χ1) is 9.60. The molecule has 0 bridgehead atoms. The van der Waals surface area contributed by atoms with Gasteiger partial charge < -0.3 is 5.73 Å². The lowest BCUT2D eigenvalue weighted by atomic mass is 9.90. The Balaban J connectivity index is 1.74. The minimum Gasteiger partial charge on any atom is -0.329 e. The largest absolute Gasteiger partial charge is 0.329 e. The highest BCUT2D eigenvalue weighted by atomic mass is 79.9. The first-order valence-electron chi connectivity index (χ1n) is 7.82. The Kier molecular flexibility index (Phi) is 4.21. The first-order valence-corrected chi connectivity index (χ1v) is 8.61. The van der Waals surface area contributed by atoms with Gasteiger partial charge in [-0.25, -0.2) is 0 Å². The van der Waals surface area contributed by atoms with Crippen molar-refractivity contribution in [1.82, 2.24) is 4.90 Å². The van der Waals surface area contributed by atoms with Crippen molar-refractivity contribution < 1.29 is 0 Å². The van der Waals surface area contributed by atoms with Gasteiger partial charge in [0.1, 0.15) is 0 Å². The zero-order valence-corrected chi connectivity index (χ0v) is 13.9. The van der Waals surface area contributed by atoms with Gasteiger partial charge in [0.05, 0.1) is 0 Å². The van der Waals surface area contributed by atoms with Crippen molar-refractivity contribution in [3.05, 3.63) is 34.3 Å². The molecule has 2 aliphatic rings. The van der Waals surface area contributed by atoms with Crippen LogP contribution in [0.25, 0.3) is 0 Å². The minimum atomic E-state index is 0.109. The van der Waals surface area contributed by atoms with E-state index in [9.17, 15) is 0 Å². The third kappa shape index (κ3) is 3.44. The van der Waals surface area contributed by atoms with E-state index in [0.29, 0.717) is 0 Å². The van der Waals surface area contributed by atoms with Gasteiger partial charge in [0.25, 0.3) is 0 Å². The quantitative estimate of drug-likeness (QED) is 0.824. The van der Waals surface area contributed by atoms with Gasteiger partial charge in [-0.15, -0.1) is 0 Å². The number of hydrogen-bond acceptors (Lipinski definition) is 2.